The van der Waals surface area contributed by atoms with Gasteiger partial charge in [-0.15, -0.1) is 0 Å². The lowest BCUT2D eigenvalue weighted by molar-refractivity contribution is -0.115. The zero-order chi connectivity index (χ0) is 18.6. The summed E-state index contributed by atoms with van der Waals surface area (Å²) >= 11 is 0. The van der Waals surface area contributed by atoms with E-state index in [9.17, 15) is 9.90 Å². The molecule has 1 amide bonds. The third-order valence-electron chi connectivity index (χ3n) is 4.20. The molecule has 2 N–H and O–H groups in total. The number of carbonyl (C=O) groups excluding carboxylic acids is 1. The molecule has 132 valence electrons. The summed E-state index contributed by atoms with van der Waals surface area (Å²) in [4.78, 5) is 12.2. The number of benzene rings is 3. The molecule has 0 fully saturated rings. The van der Waals surface area contributed by atoms with Crippen molar-refractivity contribution in [1.82, 2.24) is 5.32 Å². The Labute approximate surface area is 157 Å². The molecular weight excluding hydrogens is 338 g/mol. The quantitative estimate of drug-likeness (QED) is 0.665. The molecule has 0 saturated heterocycles. The average Bonchev–Trinajstić information content (AvgIpc) is 3.05. The maximum Gasteiger partial charge on any atom is 0.255 e. The number of aromatic hydroxyl groups is 1. The molecule has 4 rings (SSSR count). The summed E-state index contributed by atoms with van der Waals surface area (Å²) in [6, 6.07) is 24.0. The van der Waals surface area contributed by atoms with Crippen LogP contribution in [0.5, 0.6) is 17.2 Å². The number of phenols is 1. The van der Waals surface area contributed by atoms with E-state index in [-0.39, 0.29) is 11.7 Å². The predicted molar refractivity (Wildman–Crippen MR) is 105 cm³/mol. The number of rotatable bonds is 4. The second-order valence-corrected chi connectivity index (χ2v) is 6.11. The Hall–Kier alpha value is -3.79. The highest BCUT2D eigenvalue weighted by Crippen LogP contribution is 2.27. The van der Waals surface area contributed by atoms with Gasteiger partial charge in [-0.2, -0.15) is 0 Å². The molecule has 3 aromatic carbocycles. The Bertz CT molecular complexity index is 1030. The number of ether oxygens (including phenoxy) is 1. The highest BCUT2D eigenvalue weighted by atomic mass is 16.5. The van der Waals surface area contributed by atoms with Crippen molar-refractivity contribution in [2.24, 2.45) is 0 Å². The van der Waals surface area contributed by atoms with Crippen molar-refractivity contribution < 1.29 is 14.6 Å². The van der Waals surface area contributed by atoms with E-state index in [1.54, 1.807) is 30.4 Å². The van der Waals surface area contributed by atoms with Crippen LogP contribution in [-0.2, 0) is 4.79 Å². The molecule has 0 aromatic heterocycles. The summed E-state index contributed by atoms with van der Waals surface area (Å²) in [6.07, 6.45) is 3.45. The fourth-order valence-corrected chi connectivity index (χ4v) is 2.82. The van der Waals surface area contributed by atoms with Crippen molar-refractivity contribution in [1.29, 1.82) is 0 Å². The lowest BCUT2D eigenvalue weighted by Crippen LogP contribution is -2.15. The van der Waals surface area contributed by atoms with Gasteiger partial charge in [0.2, 0.25) is 0 Å². The smallest absolute Gasteiger partial charge is 0.255 e. The molecule has 0 radical (unpaired) electrons. The first kappa shape index (κ1) is 16.7. The van der Waals surface area contributed by atoms with Crippen LogP contribution in [0, 0.1) is 0 Å². The predicted octanol–water partition coefficient (Wildman–Crippen LogP) is 4.74. The molecule has 0 bridgehead atoms. The molecule has 1 aliphatic heterocycles. The van der Waals surface area contributed by atoms with Crippen molar-refractivity contribution in [3.05, 3.63) is 102 Å². The van der Waals surface area contributed by atoms with E-state index in [1.165, 1.54) is 0 Å². The van der Waals surface area contributed by atoms with Gasteiger partial charge in [-0.1, -0.05) is 36.4 Å². The summed E-state index contributed by atoms with van der Waals surface area (Å²) in [6.45, 7) is 0. The largest absolute Gasteiger partial charge is 0.507 e. The highest BCUT2D eigenvalue weighted by molar-refractivity contribution is 6.10. The molecule has 4 nitrogen and oxygen atoms in total. The lowest BCUT2D eigenvalue weighted by Gasteiger charge is -2.07. The van der Waals surface area contributed by atoms with Gasteiger partial charge in [0.1, 0.15) is 17.2 Å². The van der Waals surface area contributed by atoms with Crippen LogP contribution in [0.1, 0.15) is 11.1 Å². The zero-order valence-electron chi connectivity index (χ0n) is 14.4. The van der Waals surface area contributed by atoms with Crippen LogP contribution in [0.2, 0.25) is 0 Å². The van der Waals surface area contributed by atoms with Gasteiger partial charge in [0.25, 0.3) is 5.91 Å². The van der Waals surface area contributed by atoms with Crippen LogP contribution in [-0.4, -0.2) is 11.0 Å². The number of nitrogens with one attached hydrogen (secondary N) is 1. The van der Waals surface area contributed by atoms with Crippen LogP contribution in [0.4, 0.5) is 0 Å². The summed E-state index contributed by atoms with van der Waals surface area (Å²) in [5, 5.41) is 12.7. The third-order valence-corrected chi connectivity index (χ3v) is 4.20. The normalized spacial score (nSPS) is 14.7. The van der Waals surface area contributed by atoms with Gasteiger partial charge < -0.3 is 15.2 Å². The summed E-state index contributed by atoms with van der Waals surface area (Å²) in [5.41, 5.74) is 2.69. The monoisotopic (exact) mass is 355 g/mol. The first-order valence-corrected chi connectivity index (χ1v) is 8.55. The van der Waals surface area contributed by atoms with Gasteiger partial charge in [0.15, 0.2) is 0 Å². The maximum atomic E-state index is 12.2. The summed E-state index contributed by atoms with van der Waals surface area (Å²) in [5.74, 6) is 1.44. The molecule has 0 spiro atoms. The maximum absolute atomic E-state index is 12.2. The topological polar surface area (TPSA) is 58.6 Å². The van der Waals surface area contributed by atoms with Gasteiger partial charge in [0, 0.05) is 16.8 Å². The van der Waals surface area contributed by atoms with E-state index in [0.29, 0.717) is 16.8 Å². The van der Waals surface area contributed by atoms with Crippen LogP contribution in [0.25, 0.3) is 11.8 Å². The Kier molecular flexibility index (Phi) is 4.45. The molecule has 27 heavy (non-hydrogen) atoms. The van der Waals surface area contributed by atoms with E-state index >= 15 is 0 Å². The second-order valence-electron chi connectivity index (χ2n) is 6.11. The molecule has 0 unspecified atom stereocenters. The molecule has 0 aliphatic carbocycles. The lowest BCUT2D eigenvalue weighted by atomic mass is 10.1. The fourth-order valence-electron chi connectivity index (χ4n) is 2.82. The molecule has 3 aromatic rings. The molecule has 0 saturated carbocycles. The number of hydrogen-bond donors (Lipinski definition) is 2. The third kappa shape index (κ3) is 3.75. The first-order valence-electron chi connectivity index (χ1n) is 8.55. The number of phenolic OH excluding ortho intramolecular Hbond substituents is 1. The molecule has 1 heterocycles. The average molecular weight is 355 g/mol. The van der Waals surface area contributed by atoms with E-state index in [2.05, 4.69) is 5.32 Å². The molecule has 4 heteroatoms. The van der Waals surface area contributed by atoms with Crippen molar-refractivity contribution in [3.8, 4) is 17.2 Å². The Morgan fingerprint density at radius 3 is 2.22 bits per heavy atom. The molecule has 1 aliphatic rings. The molecular formula is C23H17NO3. The summed E-state index contributed by atoms with van der Waals surface area (Å²) < 4.78 is 5.78. The Morgan fingerprint density at radius 2 is 1.48 bits per heavy atom. The standard InChI is InChI=1S/C23H17NO3/c25-22-9-5-4-6-17(22)14-18-15-21(24-23(18)26)16-10-12-20(13-11-16)27-19-7-2-1-3-8-19/h1-15,25H,(H,24,26)/b18-14+. The van der Waals surface area contributed by atoms with Gasteiger partial charge in [0.05, 0.1) is 0 Å². The molecule has 0 atom stereocenters. The number of hydrogen-bond acceptors (Lipinski definition) is 3. The number of para-hydroxylation sites is 2. The van der Waals surface area contributed by atoms with E-state index in [4.69, 9.17) is 4.74 Å². The first-order chi connectivity index (χ1) is 13.2. The minimum absolute atomic E-state index is 0.141. The Morgan fingerprint density at radius 1 is 0.815 bits per heavy atom. The van der Waals surface area contributed by atoms with Crippen molar-refractivity contribution in [2.75, 3.05) is 0 Å². The number of carbonyl (C=O) groups is 1. The minimum atomic E-state index is -0.196. The van der Waals surface area contributed by atoms with Crippen LogP contribution in [0.15, 0.2) is 90.5 Å². The Balaban J connectivity index is 1.55. The fraction of sp³-hybridized carbons (Fsp3) is 0. The number of amides is 1. The van der Waals surface area contributed by atoms with E-state index in [1.807, 2.05) is 60.7 Å². The SMILES string of the molecule is O=C1NC(c2ccc(Oc3ccccc3)cc2)=C/C1=C\c1ccccc1O. The highest BCUT2D eigenvalue weighted by Gasteiger charge is 2.19. The van der Waals surface area contributed by atoms with Crippen LogP contribution < -0.4 is 10.1 Å². The van der Waals surface area contributed by atoms with Crippen molar-refractivity contribution >= 4 is 17.7 Å². The van der Waals surface area contributed by atoms with Crippen LogP contribution in [0.3, 0.4) is 0 Å². The van der Waals surface area contributed by atoms with E-state index < -0.39 is 0 Å². The van der Waals surface area contributed by atoms with Crippen molar-refractivity contribution in [3.63, 3.8) is 0 Å². The van der Waals surface area contributed by atoms with Crippen LogP contribution >= 0.6 is 0 Å². The van der Waals surface area contributed by atoms with Gasteiger partial charge in [-0.05, 0) is 60.2 Å². The zero-order valence-corrected chi connectivity index (χ0v) is 14.4. The second kappa shape index (κ2) is 7.22. The van der Waals surface area contributed by atoms with Gasteiger partial charge in [-0.25, -0.2) is 0 Å². The summed E-state index contributed by atoms with van der Waals surface area (Å²) in [7, 11) is 0. The van der Waals surface area contributed by atoms with Gasteiger partial charge in [-0.3, -0.25) is 4.79 Å². The minimum Gasteiger partial charge on any atom is -0.507 e. The van der Waals surface area contributed by atoms with Gasteiger partial charge >= 0.3 is 0 Å². The van der Waals surface area contributed by atoms with E-state index in [0.717, 1.165) is 17.1 Å². The van der Waals surface area contributed by atoms with Crippen molar-refractivity contribution in [2.45, 2.75) is 0 Å².